The molecule has 2 amide bonds. The van der Waals surface area contributed by atoms with Crippen LogP contribution in [0.3, 0.4) is 0 Å². The summed E-state index contributed by atoms with van der Waals surface area (Å²) in [5.74, 6) is 0.530. The second-order valence-corrected chi connectivity index (χ2v) is 8.98. The van der Waals surface area contributed by atoms with Crippen molar-refractivity contribution in [3.63, 3.8) is 0 Å². The van der Waals surface area contributed by atoms with E-state index >= 15 is 0 Å². The molecule has 0 aromatic carbocycles. The number of alkyl carbamates (subject to hydrolysis) is 1. The Morgan fingerprint density at radius 1 is 1.32 bits per heavy atom. The summed E-state index contributed by atoms with van der Waals surface area (Å²) in [6.45, 7) is 7.66. The molecule has 1 N–H and O–H groups in total. The maximum Gasteiger partial charge on any atom is 0.407 e. The van der Waals surface area contributed by atoms with E-state index < -0.39 is 5.60 Å². The number of ether oxygens (including phenoxy) is 1. The number of hydrogen-bond donors (Lipinski definition) is 1. The number of piperidine rings is 1. The molecule has 1 saturated heterocycles. The van der Waals surface area contributed by atoms with Crippen LogP contribution in [-0.4, -0.2) is 46.5 Å². The molecule has 6 heteroatoms. The number of alkyl halides is 1. The molecule has 0 radical (unpaired) electrons. The molecule has 2 rings (SSSR count). The molecule has 0 spiro atoms. The van der Waals surface area contributed by atoms with Crippen molar-refractivity contribution >= 4 is 27.9 Å². The van der Waals surface area contributed by atoms with Gasteiger partial charge in [-0.25, -0.2) is 4.79 Å². The lowest BCUT2D eigenvalue weighted by molar-refractivity contribution is -0.137. The average Bonchev–Trinajstić information content (AvgIpc) is 2.40. The second kappa shape index (κ2) is 6.77. The Morgan fingerprint density at radius 3 is 2.55 bits per heavy atom. The molecule has 22 heavy (non-hydrogen) atoms. The van der Waals surface area contributed by atoms with Gasteiger partial charge in [-0.1, -0.05) is 15.9 Å². The summed E-state index contributed by atoms with van der Waals surface area (Å²) in [6.07, 6.45) is 4.64. The smallest absolute Gasteiger partial charge is 0.407 e. The molecule has 126 valence electrons. The first-order valence-electron chi connectivity index (χ1n) is 8.15. The van der Waals surface area contributed by atoms with Crippen molar-refractivity contribution in [3.05, 3.63) is 0 Å². The summed E-state index contributed by atoms with van der Waals surface area (Å²) in [7, 11) is 0. The maximum absolute atomic E-state index is 12.5. The highest BCUT2D eigenvalue weighted by Crippen LogP contribution is 2.42. The van der Waals surface area contributed by atoms with Crippen molar-refractivity contribution in [3.8, 4) is 0 Å². The number of halogens is 1. The van der Waals surface area contributed by atoms with Crippen LogP contribution in [0.4, 0.5) is 4.79 Å². The number of rotatable bonds is 3. The zero-order valence-electron chi connectivity index (χ0n) is 13.8. The SMILES string of the molecule is CC(C)(C)OC(=O)NCC1CCCN(C(=O)C2(Br)CCC2)C1. The molecule has 5 nitrogen and oxygen atoms in total. The van der Waals surface area contributed by atoms with E-state index in [-0.39, 0.29) is 16.3 Å². The van der Waals surface area contributed by atoms with Gasteiger partial charge < -0.3 is 15.0 Å². The number of hydrogen-bond acceptors (Lipinski definition) is 3. The highest BCUT2D eigenvalue weighted by molar-refractivity contribution is 9.10. The van der Waals surface area contributed by atoms with Crippen molar-refractivity contribution in [2.45, 2.75) is 62.8 Å². The van der Waals surface area contributed by atoms with Crippen LogP contribution in [0.25, 0.3) is 0 Å². The Kier molecular flexibility index (Phi) is 5.41. The third-order valence-electron chi connectivity index (χ3n) is 4.27. The monoisotopic (exact) mass is 374 g/mol. The standard InChI is InChI=1S/C16H27BrN2O3/c1-15(2,3)22-14(21)18-10-12-6-4-9-19(11-12)13(20)16(17)7-5-8-16/h12H,4-11H2,1-3H3,(H,18,21). The van der Waals surface area contributed by atoms with Gasteiger partial charge in [0, 0.05) is 19.6 Å². The highest BCUT2D eigenvalue weighted by Gasteiger charge is 2.44. The molecule has 1 atom stereocenters. The van der Waals surface area contributed by atoms with E-state index in [1.54, 1.807) is 0 Å². The number of carbonyl (C=O) groups is 2. The molecule has 1 saturated carbocycles. The first-order chi connectivity index (χ1) is 10.2. The van der Waals surface area contributed by atoms with Gasteiger partial charge in [0.25, 0.3) is 0 Å². The summed E-state index contributed by atoms with van der Waals surface area (Å²) in [6, 6.07) is 0. The zero-order valence-corrected chi connectivity index (χ0v) is 15.4. The van der Waals surface area contributed by atoms with Crippen LogP contribution >= 0.6 is 15.9 Å². The molecular weight excluding hydrogens is 348 g/mol. The van der Waals surface area contributed by atoms with Gasteiger partial charge in [0.1, 0.15) is 9.93 Å². The second-order valence-electron chi connectivity index (χ2n) is 7.46. The van der Waals surface area contributed by atoms with E-state index in [0.29, 0.717) is 12.5 Å². The van der Waals surface area contributed by atoms with E-state index in [2.05, 4.69) is 21.2 Å². The maximum atomic E-state index is 12.5. The van der Waals surface area contributed by atoms with Gasteiger partial charge >= 0.3 is 6.09 Å². The number of likely N-dealkylation sites (tertiary alicyclic amines) is 1. The van der Waals surface area contributed by atoms with E-state index in [0.717, 1.165) is 45.2 Å². The minimum Gasteiger partial charge on any atom is -0.444 e. The van der Waals surface area contributed by atoms with E-state index in [9.17, 15) is 9.59 Å². The third-order valence-corrected chi connectivity index (χ3v) is 5.40. The van der Waals surface area contributed by atoms with Gasteiger partial charge in [-0.05, 0) is 58.8 Å². The summed E-state index contributed by atoms with van der Waals surface area (Å²) in [5.41, 5.74) is -0.481. The third kappa shape index (κ3) is 4.61. The summed E-state index contributed by atoms with van der Waals surface area (Å²) >= 11 is 3.60. The fourth-order valence-corrected chi connectivity index (χ4v) is 3.75. The predicted octanol–water partition coefficient (Wildman–Crippen LogP) is 3.07. The van der Waals surface area contributed by atoms with Gasteiger partial charge in [0.2, 0.25) is 5.91 Å². The normalized spacial score (nSPS) is 24.4. The molecule has 2 aliphatic rings. The Morgan fingerprint density at radius 2 is 2.00 bits per heavy atom. The lowest BCUT2D eigenvalue weighted by Crippen LogP contribution is -2.53. The Bertz CT molecular complexity index is 430. The van der Waals surface area contributed by atoms with Crippen molar-refractivity contribution in [2.75, 3.05) is 19.6 Å². The first kappa shape index (κ1) is 17.6. The number of carbonyl (C=O) groups excluding carboxylic acids is 2. The van der Waals surface area contributed by atoms with Crippen LogP contribution in [0.5, 0.6) is 0 Å². The van der Waals surface area contributed by atoms with Gasteiger partial charge in [-0.15, -0.1) is 0 Å². The van der Waals surface area contributed by atoms with Crippen LogP contribution in [0.1, 0.15) is 52.9 Å². The number of nitrogens with one attached hydrogen (secondary N) is 1. The minimum atomic E-state index is -0.481. The zero-order chi connectivity index (χ0) is 16.4. The average molecular weight is 375 g/mol. The minimum absolute atomic E-state index is 0.223. The Labute approximate surface area is 141 Å². The molecule has 1 heterocycles. The van der Waals surface area contributed by atoms with Crippen molar-refractivity contribution < 1.29 is 14.3 Å². The van der Waals surface area contributed by atoms with E-state index in [1.165, 1.54) is 0 Å². The fraction of sp³-hybridized carbons (Fsp3) is 0.875. The van der Waals surface area contributed by atoms with Crippen molar-refractivity contribution in [2.24, 2.45) is 5.92 Å². The quantitative estimate of drug-likeness (QED) is 0.772. The van der Waals surface area contributed by atoms with Crippen LogP contribution < -0.4 is 5.32 Å². The van der Waals surface area contributed by atoms with Gasteiger partial charge in [-0.2, -0.15) is 0 Å². The van der Waals surface area contributed by atoms with Crippen LogP contribution in [0.15, 0.2) is 0 Å². The van der Waals surface area contributed by atoms with Gasteiger partial charge in [0.05, 0.1) is 0 Å². The van der Waals surface area contributed by atoms with Crippen LogP contribution in [0.2, 0.25) is 0 Å². The number of amides is 2. The fourth-order valence-electron chi connectivity index (χ4n) is 2.94. The number of nitrogens with zero attached hydrogens (tertiary/aromatic N) is 1. The molecular formula is C16H27BrN2O3. The van der Waals surface area contributed by atoms with Gasteiger partial charge in [0.15, 0.2) is 0 Å². The summed E-state index contributed by atoms with van der Waals surface area (Å²) < 4.78 is 4.93. The van der Waals surface area contributed by atoms with Crippen molar-refractivity contribution in [1.82, 2.24) is 10.2 Å². The van der Waals surface area contributed by atoms with Gasteiger partial charge in [-0.3, -0.25) is 4.79 Å². The Hall–Kier alpha value is -0.780. The summed E-state index contributed by atoms with van der Waals surface area (Å²) in [4.78, 5) is 26.2. The lowest BCUT2D eigenvalue weighted by Gasteiger charge is -2.42. The summed E-state index contributed by atoms with van der Waals surface area (Å²) in [5, 5.41) is 2.82. The predicted molar refractivity (Wildman–Crippen MR) is 89.0 cm³/mol. The molecule has 1 aliphatic heterocycles. The molecule has 2 fully saturated rings. The molecule has 0 aromatic heterocycles. The molecule has 1 aliphatic carbocycles. The molecule has 1 unspecified atom stereocenters. The first-order valence-corrected chi connectivity index (χ1v) is 8.94. The molecule has 0 aromatic rings. The highest BCUT2D eigenvalue weighted by atomic mass is 79.9. The van der Waals surface area contributed by atoms with E-state index in [4.69, 9.17) is 4.74 Å². The van der Waals surface area contributed by atoms with E-state index in [1.807, 2.05) is 25.7 Å². The Balaban J connectivity index is 1.78. The molecule has 0 bridgehead atoms. The lowest BCUT2D eigenvalue weighted by atomic mass is 9.83. The van der Waals surface area contributed by atoms with Crippen molar-refractivity contribution in [1.29, 1.82) is 0 Å². The topological polar surface area (TPSA) is 58.6 Å². The van der Waals surface area contributed by atoms with Crippen LogP contribution in [0, 0.1) is 5.92 Å². The van der Waals surface area contributed by atoms with Crippen LogP contribution in [-0.2, 0) is 9.53 Å². The largest absolute Gasteiger partial charge is 0.444 e.